The summed E-state index contributed by atoms with van der Waals surface area (Å²) < 4.78 is 29.8. The van der Waals surface area contributed by atoms with Crippen LogP contribution >= 0.6 is 0 Å². The molecule has 1 aliphatic rings. The average Bonchev–Trinajstić information content (AvgIpc) is 2.73. The van der Waals surface area contributed by atoms with Gasteiger partial charge in [-0.05, 0) is 118 Å². The van der Waals surface area contributed by atoms with Gasteiger partial charge >= 0.3 is 0 Å². The molecular weight excluding hydrogens is 400 g/mol. The van der Waals surface area contributed by atoms with Crippen molar-refractivity contribution in [2.75, 3.05) is 0 Å². The van der Waals surface area contributed by atoms with E-state index in [1.54, 1.807) is 12.1 Å². The van der Waals surface area contributed by atoms with E-state index in [0.717, 1.165) is 59.4 Å². The Bertz CT molecular complexity index is 997. The van der Waals surface area contributed by atoms with Crippen LogP contribution in [0.5, 0.6) is 0 Å². The molecule has 0 amide bonds. The van der Waals surface area contributed by atoms with E-state index in [2.05, 4.69) is 31.9 Å². The van der Waals surface area contributed by atoms with Gasteiger partial charge in [0, 0.05) is 23.6 Å². The Balaban J connectivity index is 1.67. The van der Waals surface area contributed by atoms with E-state index in [-0.39, 0.29) is 12.0 Å². The highest BCUT2D eigenvalue weighted by atomic mass is 19.1. The van der Waals surface area contributed by atoms with E-state index < -0.39 is 11.6 Å². The molecule has 0 atom stereocenters. The van der Waals surface area contributed by atoms with Gasteiger partial charge < -0.3 is 5.73 Å². The maximum atomic E-state index is 14.9. The first-order valence-corrected chi connectivity index (χ1v) is 11.7. The van der Waals surface area contributed by atoms with Crippen LogP contribution in [0.3, 0.4) is 0 Å². The monoisotopic (exact) mass is 435 g/mol. The van der Waals surface area contributed by atoms with Crippen molar-refractivity contribution >= 4 is 0 Å². The molecule has 0 bridgehead atoms. The van der Waals surface area contributed by atoms with Crippen LogP contribution in [0, 0.1) is 49.3 Å². The van der Waals surface area contributed by atoms with Crippen molar-refractivity contribution in [2.24, 2.45) is 17.6 Å². The summed E-state index contributed by atoms with van der Waals surface area (Å²) in [5, 5.41) is 0. The maximum absolute atomic E-state index is 14.9. The first kappa shape index (κ1) is 24.1. The van der Waals surface area contributed by atoms with Crippen LogP contribution in [0.25, 0.3) is 0 Å². The number of hydrogen-bond acceptors (Lipinski definition) is 1. The molecule has 3 heteroatoms. The van der Waals surface area contributed by atoms with Crippen molar-refractivity contribution in [1.29, 1.82) is 0 Å². The van der Waals surface area contributed by atoms with Crippen molar-refractivity contribution < 1.29 is 8.78 Å². The summed E-state index contributed by atoms with van der Waals surface area (Å²) >= 11 is 0. The van der Waals surface area contributed by atoms with Gasteiger partial charge in [0.25, 0.3) is 0 Å². The van der Waals surface area contributed by atoms with Crippen LogP contribution in [0.15, 0.2) is 35.9 Å². The van der Waals surface area contributed by atoms with Gasteiger partial charge in [-0.25, -0.2) is 8.78 Å². The number of aryl methyl sites for hydroxylation is 2. The Labute approximate surface area is 192 Å². The van der Waals surface area contributed by atoms with Crippen molar-refractivity contribution in [3.05, 3.63) is 80.9 Å². The number of halogens is 2. The lowest BCUT2D eigenvalue weighted by Gasteiger charge is -2.28. The summed E-state index contributed by atoms with van der Waals surface area (Å²) in [5.74, 6) is 3.28. The number of allylic oxidation sites excluding steroid dienone is 2. The van der Waals surface area contributed by atoms with Crippen molar-refractivity contribution in [1.82, 2.24) is 0 Å². The lowest BCUT2D eigenvalue weighted by atomic mass is 9.78. The van der Waals surface area contributed by atoms with E-state index in [1.807, 2.05) is 26.0 Å². The van der Waals surface area contributed by atoms with E-state index >= 15 is 0 Å². The molecule has 2 N–H and O–H groups in total. The Hall–Kier alpha value is -2.60. The smallest absolute Gasteiger partial charge is 0.129 e. The second-order valence-corrected chi connectivity index (χ2v) is 9.70. The molecule has 2 aromatic rings. The van der Waals surface area contributed by atoms with Gasteiger partial charge in [-0.2, -0.15) is 0 Å². The van der Waals surface area contributed by atoms with Gasteiger partial charge in [-0.1, -0.05) is 23.8 Å². The minimum Gasteiger partial charge on any atom is -0.359 e. The van der Waals surface area contributed by atoms with E-state index in [9.17, 15) is 8.78 Å². The van der Waals surface area contributed by atoms with E-state index in [0.29, 0.717) is 5.92 Å². The summed E-state index contributed by atoms with van der Waals surface area (Å²) in [6.45, 7) is 8.18. The minimum atomic E-state index is -0.446. The summed E-state index contributed by atoms with van der Waals surface area (Å²) in [6, 6.07) is 9.40. The molecular formula is C29H35F2N. The van der Waals surface area contributed by atoms with Crippen LogP contribution in [-0.2, 0) is 12.8 Å². The molecule has 0 unspecified atom stereocenters. The topological polar surface area (TPSA) is 26.0 Å². The number of benzene rings is 2. The Kier molecular flexibility index (Phi) is 8.13. The molecule has 2 aromatic carbocycles. The molecule has 170 valence electrons. The zero-order chi connectivity index (χ0) is 23.3. The number of rotatable bonds is 6. The van der Waals surface area contributed by atoms with Crippen LogP contribution < -0.4 is 5.73 Å². The van der Waals surface area contributed by atoms with Gasteiger partial charge in [-0.15, -0.1) is 0 Å². The van der Waals surface area contributed by atoms with Gasteiger partial charge in [0.2, 0.25) is 0 Å². The highest BCUT2D eigenvalue weighted by Gasteiger charge is 2.22. The third kappa shape index (κ3) is 6.22. The van der Waals surface area contributed by atoms with Crippen LogP contribution in [0.1, 0.15) is 79.3 Å². The highest BCUT2D eigenvalue weighted by Crippen LogP contribution is 2.34. The Morgan fingerprint density at radius 2 is 1.50 bits per heavy atom. The molecule has 3 rings (SSSR count). The number of nitrogens with two attached hydrogens (primary N) is 1. The van der Waals surface area contributed by atoms with E-state index in [1.165, 1.54) is 18.4 Å². The largest absolute Gasteiger partial charge is 0.359 e. The fourth-order valence-electron chi connectivity index (χ4n) is 4.98. The molecule has 0 aliphatic heterocycles. The first-order valence-electron chi connectivity index (χ1n) is 11.7. The Morgan fingerprint density at radius 1 is 0.938 bits per heavy atom. The van der Waals surface area contributed by atoms with E-state index in [4.69, 9.17) is 5.73 Å². The summed E-state index contributed by atoms with van der Waals surface area (Å²) in [5.41, 5.74) is 11.3. The molecule has 0 spiro atoms. The molecule has 0 saturated heterocycles. The van der Waals surface area contributed by atoms with Gasteiger partial charge in [0.15, 0.2) is 0 Å². The summed E-state index contributed by atoms with van der Waals surface area (Å²) in [7, 11) is 0. The third-order valence-corrected chi connectivity index (χ3v) is 6.72. The molecule has 32 heavy (non-hydrogen) atoms. The van der Waals surface area contributed by atoms with Crippen LogP contribution in [0.2, 0.25) is 0 Å². The van der Waals surface area contributed by atoms with Gasteiger partial charge in [0.1, 0.15) is 11.6 Å². The quantitative estimate of drug-likeness (QED) is 0.291. The standard InChI is InChI=1S/C29H35F2N/c1-19(2)5-6-22-7-9-23(10-8-22)15-25-17-28(30)27(29(31)18-25)16-24-13-20(3)26(11-12-32)21(4)14-24/h5,13-14,17-18,22-23H,6-10,15-16,32H2,1-4H3. The van der Waals surface area contributed by atoms with Gasteiger partial charge in [-0.3, -0.25) is 0 Å². The molecule has 1 nitrogen and oxygen atoms in total. The summed E-state index contributed by atoms with van der Waals surface area (Å²) in [4.78, 5) is 0. The molecule has 0 aromatic heterocycles. The predicted octanol–water partition coefficient (Wildman–Crippen LogP) is 7.15. The molecule has 1 aliphatic carbocycles. The van der Waals surface area contributed by atoms with Crippen molar-refractivity contribution in [3.63, 3.8) is 0 Å². The normalized spacial score (nSPS) is 18.1. The Morgan fingerprint density at radius 3 is 2.03 bits per heavy atom. The van der Waals surface area contributed by atoms with Crippen LogP contribution in [-0.4, -0.2) is 0 Å². The lowest BCUT2D eigenvalue weighted by Crippen LogP contribution is -2.16. The fourth-order valence-corrected chi connectivity index (χ4v) is 4.98. The highest BCUT2D eigenvalue weighted by molar-refractivity contribution is 5.49. The lowest BCUT2D eigenvalue weighted by molar-refractivity contribution is 0.274. The second-order valence-electron chi connectivity index (χ2n) is 9.70. The van der Waals surface area contributed by atoms with Crippen LogP contribution in [0.4, 0.5) is 8.78 Å². The molecule has 1 fully saturated rings. The SMILES string of the molecule is CC(C)=CCC1CCC(Cc2cc(F)c(Cc3cc(C)c(C#CN)c(C)c3)c(F)c2)CC1. The summed E-state index contributed by atoms with van der Waals surface area (Å²) in [6.07, 6.45) is 9.18. The fraction of sp³-hybridized carbons (Fsp3) is 0.448. The maximum Gasteiger partial charge on any atom is 0.129 e. The second kappa shape index (κ2) is 10.8. The average molecular weight is 436 g/mol. The third-order valence-electron chi connectivity index (χ3n) is 6.72. The number of hydrogen-bond donors (Lipinski definition) is 1. The zero-order valence-corrected chi connectivity index (χ0v) is 19.8. The van der Waals surface area contributed by atoms with Crippen molar-refractivity contribution in [2.45, 2.75) is 72.6 Å². The van der Waals surface area contributed by atoms with Gasteiger partial charge in [0.05, 0.1) is 0 Å². The zero-order valence-electron chi connectivity index (χ0n) is 19.8. The molecule has 0 radical (unpaired) electrons. The first-order chi connectivity index (χ1) is 15.3. The molecule has 0 heterocycles. The minimum absolute atomic E-state index is 0.135. The predicted molar refractivity (Wildman–Crippen MR) is 129 cm³/mol. The van der Waals surface area contributed by atoms with Crippen molar-refractivity contribution in [3.8, 4) is 12.0 Å². The molecule has 1 saturated carbocycles.